The zero-order valence-electron chi connectivity index (χ0n) is 8.79. The molecule has 2 nitrogen and oxygen atoms in total. The maximum Gasteiger partial charge on any atom is 0.130 e. The molecular weight excluding hydrogens is 174 g/mol. The van der Waals surface area contributed by atoms with Crippen molar-refractivity contribution < 1.29 is 5.11 Å². The molecule has 2 fully saturated rings. The lowest BCUT2D eigenvalue weighted by atomic mass is 9.69. The standard InChI is InChI=1S/C12H19NO/c1-3-12(14)8-9(2)13-11-7-5-4-6-10(11)12/h1,9-11,13-14H,4-8H2,2H3/t9-,10-,11+,12+/m0/s1. The highest BCUT2D eigenvalue weighted by Crippen LogP contribution is 2.38. The maximum absolute atomic E-state index is 10.4. The van der Waals surface area contributed by atoms with Crippen molar-refractivity contribution in [2.75, 3.05) is 0 Å². The summed E-state index contributed by atoms with van der Waals surface area (Å²) in [7, 11) is 0. The van der Waals surface area contributed by atoms with Gasteiger partial charge in [-0.2, -0.15) is 0 Å². The van der Waals surface area contributed by atoms with Gasteiger partial charge in [-0.25, -0.2) is 0 Å². The van der Waals surface area contributed by atoms with E-state index >= 15 is 0 Å². The molecule has 1 saturated heterocycles. The van der Waals surface area contributed by atoms with E-state index in [4.69, 9.17) is 6.42 Å². The van der Waals surface area contributed by atoms with Gasteiger partial charge in [0.1, 0.15) is 5.60 Å². The van der Waals surface area contributed by atoms with Crippen LogP contribution in [0.2, 0.25) is 0 Å². The van der Waals surface area contributed by atoms with Crippen molar-refractivity contribution in [1.82, 2.24) is 5.32 Å². The van der Waals surface area contributed by atoms with Crippen molar-refractivity contribution in [2.24, 2.45) is 5.92 Å². The predicted molar refractivity (Wildman–Crippen MR) is 56.7 cm³/mol. The highest BCUT2D eigenvalue weighted by molar-refractivity contribution is 5.16. The van der Waals surface area contributed by atoms with E-state index in [-0.39, 0.29) is 5.92 Å². The Morgan fingerprint density at radius 1 is 1.43 bits per heavy atom. The molecule has 2 N–H and O–H groups in total. The van der Waals surface area contributed by atoms with Gasteiger partial charge < -0.3 is 10.4 Å². The number of hydrogen-bond donors (Lipinski definition) is 2. The van der Waals surface area contributed by atoms with Gasteiger partial charge in [0.25, 0.3) is 0 Å². The van der Waals surface area contributed by atoms with Gasteiger partial charge >= 0.3 is 0 Å². The maximum atomic E-state index is 10.4. The van der Waals surface area contributed by atoms with Gasteiger partial charge in [-0.05, 0) is 19.8 Å². The van der Waals surface area contributed by atoms with Crippen LogP contribution < -0.4 is 5.32 Å². The van der Waals surface area contributed by atoms with Crippen LogP contribution in [0, 0.1) is 18.3 Å². The van der Waals surface area contributed by atoms with E-state index in [0.29, 0.717) is 18.5 Å². The number of aliphatic hydroxyl groups is 1. The Kier molecular flexibility index (Phi) is 2.55. The van der Waals surface area contributed by atoms with Crippen molar-refractivity contribution in [2.45, 2.75) is 56.7 Å². The van der Waals surface area contributed by atoms with E-state index in [0.717, 1.165) is 6.42 Å². The van der Waals surface area contributed by atoms with Gasteiger partial charge in [0.2, 0.25) is 0 Å². The van der Waals surface area contributed by atoms with Crippen LogP contribution in [0.25, 0.3) is 0 Å². The summed E-state index contributed by atoms with van der Waals surface area (Å²) in [4.78, 5) is 0. The molecule has 78 valence electrons. The fourth-order valence-corrected chi connectivity index (χ4v) is 3.11. The highest BCUT2D eigenvalue weighted by atomic mass is 16.3. The molecule has 0 amide bonds. The number of fused-ring (bicyclic) bond motifs is 1. The Morgan fingerprint density at radius 3 is 2.86 bits per heavy atom. The van der Waals surface area contributed by atoms with Gasteiger partial charge in [-0.15, -0.1) is 6.42 Å². The Morgan fingerprint density at radius 2 is 2.14 bits per heavy atom. The van der Waals surface area contributed by atoms with Crippen LogP contribution in [0.3, 0.4) is 0 Å². The minimum atomic E-state index is -0.851. The lowest BCUT2D eigenvalue weighted by molar-refractivity contribution is -0.0384. The first-order valence-electron chi connectivity index (χ1n) is 5.62. The molecule has 1 aliphatic carbocycles. The number of rotatable bonds is 0. The van der Waals surface area contributed by atoms with Gasteiger partial charge in [-0.3, -0.25) is 0 Å². The molecule has 4 atom stereocenters. The van der Waals surface area contributed by atoms with E-state index in [9.17, 15) is 5.11 Å². The zero-order valence-corrected chi connectivity index (χ0v) is 8.79. The van der Waals surface area contributed by atoms with Crippen LogP contribution in [-0.4, -0.2) is 22.8 Å². The van der Waals surface area contributed by atoms with Gasteiger partial charge in [0.05, 0.1) is 0 Å². The first kappa shape index (κ1) is 10.0. The van der Waals surface area contributed by atoms with Crippen molar-refractivity contribution in [3.63, 3.8) is 0 Å². The van der Waals surface area contributed by atoms with Crippen LogP contribution in [0.4, 0.5) is 0 Å². The summed E-state index contributed by atoms with van der Waals surface area (Å²) in [5, 5.41) is 13.9. The van der Waals surface area contributed by atoms with Crippen LogP contribution >= 0.6 is 0 Å². The second-order valence-corrected chi connectivity index (χ2v) is 4.84. The predicted octanol–water partition coefficient (Wildman–Crippen LogP) is 1.29. The normalized spacial score (nSPS) is 47.9. The Balaban J connectivity index is 2.20. The van der Waals surface area contributed by atoms with Gasteiger partial charge in [0.15, 0.2) is 0 Å². The van der Waals surface area contributed by atoms with Crippen LogP contribution in [-0.2, 0) is 0 Å². The summed E-state index contributed by atoms with van der Waals surface area (Å²) in [5.41, 5.74) is -0.851. The van der Waals surface area contributed by atoms with Crippen LogP contribution in [0.15, 0.2) is 0 Å². The van der Waals surface area contributed by atoms with E-state index < -0.39 is 5.60 Å². The molecule has 0 aromatic carbocycles. The molecule has 0 aromatic rings. The van der Waals surface area contributed by atoms with Crippen molar-refractivity contribution in [1.29, 1.82) is 0 Å². The summed E-state index contributed by atoms with van der Waals surface area (Å²) in [6.07, 6.45) is 10.9. The molecule has 1 aliphatic heterocycles. The molecule has 1 heterocycles. The third-order valence-electron chi connectivity index (χ3n) is 3.75. The van der Waals surface area contributed by atoms with Gasteiger partial charge in [0, 0.05) is 24.4 Å². The smallest absolute Gasteiger partial charge is 0.130 e. The van der Waals surface area contributed by atoms with E-state index in [2.05, 4.69) is 18.2 Å². The number of hydrogen-bond acceptors (Lipinski definition) is 2. The average Bonchev–Trinajstić information content (AvgIpc) is 2.17. The molecule has 0 unspecified atom stereocenters. The first-order valence-corrected chi connectivity index (χ1v) is 5.62. The number of nitrogens with one attached hydrogen (secondary N) is 1. The third kappa shape index (κ3) is 1.55. The van der Waals surface area contributed by atoms with Crippen molar-refractivity contribution in [3.05, 3.63) is 0 Å². The van der Waals surface area contributed by atoms with Gasteiger partial charge in [-0.1, -0.05) is 18.8 Å². The Bertz CT molecular complexity index is 258. The summed E-state index contributed by atoms with van der Waals surface area (Å²) in [6.45, 7) is 2.10. The number of piperidine rings is 1. The SMILES string of the molecule is C#C[C@@]1(O)C[C@H](C)N[C@@H]2CCCC[C@@H]21. The fraction of sp³-hybridized carbons (Fsp3) is 0.833. The minimum Gasteiger partial charge on any atom is -0.377 e. The molecular formula is C12H19NO. The molecule has 2 aliphatic rings. The Hall–Kier alpha value is -0.520. The molecule has 2 rings (SSSR count). The largest absolute Gasteiger partial charge is 0.377 e. The molecule has 14 heavy (non-hydrogen) atoms. The molecule has 0 bridgehead atoms. The molecule has 1 saturated carbocycles. The summed E-state index contributed by atoms with van der Waals surface area (Å²) in [5.74, 6) is 2.90. The topological polar surface area (TPSA) is 32.3 Å². The lowest BCUT2D eigenvalue weighted by Gasteiger charge is -2.47. The molecule has 0 aromatic heterocycles. The van der Waals surface area contributed by atoms with Crippen molar-refractivity contribution in [3.8, 4) is 12.3 Å². The second-order valence-electron chi connectivity index (χ2n) is 4.84. The molecule has 2 heteroatoms. The zero-order chi connectivity index (χ0) is 10.2. The van der Waals surface area contributed by atoms with Crippen LogP contribution in [0.1, 0.15) is 39.0 Å². The molecule has 0 spiro atoms. The monoisotopic (exact) mass is 193 g/mol. The average molecular weight is 193 g/mol. The molecule has 0 radical (unpaired) electrons. The van der Waals surface area contributed by atoms with Crippen molar-refractivity contribution >= 4 is 0 Å². The van der Waals surface area contributed by atoms with E-state index in [1.807, 2.05) is 0 Å². The summed E-state index contributed by atoms with van der Waals surface area (Å²) in [6, 6.07) is 0.781. The first-order chi connectivity index (χ1) is 6.65. The third-order valence-corrected chi connectivity index (χ3v) is 3.75. The Labute approximate surface area is 86.1 Å². The second kappa shape index (κ2) is 3.56. The van der Waals surface area contributed by atoms with E-state index in [1.165, 1.54) is 19.3 Å². The van der Waals surface area contributed by atoms with Crippen LogP contribution in [0.5, 0.6) is 0 Å². The lowest BCUT2D eigenvalue weighted by Crippen LogP contribution is -2.59. The summed E-state index contributed by atoms with van der Waals surface area (Å²) >= 11 is 0. The number of terminal acetylenes is 1. The van der Waals surface area contributed by atoms with E-state index in [1.54, 1.807) is 0 Å². The summed E-state index contributed by atoms with van der Waals surface area (Å²) < 4.78 is 0. The minimum absolute atomic E-state index is 0.275. The highest BCUT2D eigenvalue weighted by Gasteiger charge is 2.45. The fourth-order valence-electron chi connectivity index (χ4n) is 3.11. The quantitative estimate of drug-likeness (QED) is 0.568.